The highest BCUT2D eigenvalue weighted by Crippen LogP contribution is 2.43. The molecule has 4 rings (SSSR count). The molecule has 12 heteroatoms. The zero-order chi connectivity index (χ0) is 35.8. The van der Waals surface area contributed by atoms with Crippen LogP contribution in [0, 0.1) is 5.92 Å². The van der Waals surface area contributed by atoms with Crippen molar-refractivity contribution in [2.45, 2.75) is 127 Å². The second-order valence-electron chi connectivity index (χ2n) is 13.7. The molecule has 270 valence electrons. The quantitative estimate of drug-likeness (QED) is 0.117. The molecule has 11 nitrogen and oxygen atoms in total. The smallest absolute Gasteiger partial charge is 0.303 e. The first-order chi connectivity index (χ1) is 23.2. The lowest BCUT2D eigenvalue weighted by Crippen LogP contribution is -2.50. The molecule has 1 aromatic carbocycles. The molecule has 0 radical (unpaired) electrons. The zero-order valence-corrected chi connectivity index (χ0v) is 30.3. The number of amides is 1. The van der Waals surface area contributed by atoms with Crippen molar-refractivity contribution in [3.8, 4) is 0 Å². The lowest BCUT2D eigenvalue weighted by molar-refractivity contribution is -0.143. The molecule has 0 saturated carbocycles. The Morgan fingerprint density at radius 1 is 1.08 bits per heavy atom. The summed E-state index contributed by atoms with van der Waals surface area (Å²) in [7, 11) is -2.12. The summed E-state index contributed by atoms with van der Waals surface area (Å²) >= 11 is 0. The molecule has 3 aliphatic heterocycles. The number of allylic oxidation sites excluding steroid dienone is 2. The molecule has 0 bridgehead atoms. The van der Waals surface area contributed by atoms with E-state index in [0.29, 0.717) is 32.3 Å². The first-order valence-electron chi connectivity index (χ1n) is 17.2. The van der Waals surface area contributed by atoms with Crippen molar-refractivity contribution in [2.75, 3.05) is 13.7 Å². The van der Waals surface area contributed by atoms with Crippen molar-refractivity contribution in [3.63, 3.8) is 0 Å². The van der Waals surface area contributed by atoms with Gasteiger partial charge in [0.2, 0.25) is 15.9 Å². The van der Waals surface area contributed by atoms with Crippen molar-refractivity contribution in [3.05, 3.63) is 65.8 Å². The third kappa shape index (κ3) is 12.0. The van der Waals surface area contributed by atoms with E-state index in [0.717, 1.165) is 30.4 Å². The van der Waals surface area contributed by atoms with E-state index < -0.39 is 22.1 Å². The molecule has 2 N–H and O–H groups in total. The van der Waals surface area contributed by atoms with Crippen LogP contribution >= 0.6 is 0 Å². The molecule has 3 aliphatic rings. The number of carbonyl (C=O) groups excluding carboxylic acids is 3. The number of rotatable bonds is 15. The van der Waals surface area contributed by atoms with Gasteiger partial charge in [-0.3, -0.25) is 14.4 Å². The van der Waals surface area contributed by atoms with Gasteiger partial charge in [0.25, 0.3) is 0 Å². The summed E-state index contributed by atoms with van der Waals surface area (Å²) in [5, 5.41) is 3.02. The standard InChI is InChI=1S/C37H52N2O9S/c1-24(8-17-35-25(2)19-34(27(4)47-35)39-36(42)18-9-26(3)46-28(5)40)7-14-31-21-37(23-45-37)22-32(48-31)20-30(41)13-10-29-11-15-33(16-12-29)49(43,44)38-6/h7-9,11-12,14-16,18,25-27,31-32,34-35,38H,10,13,17,19-23H2,1-6H3,(H,39,42)/b14-7+,18-9-,24-8+/t25-,26-,27+,31+,32+,34+,35-,37+/m0/s1. The summed E-state index contributed by atoms with van der Waals surface area (Å²) in [6, 6.07) is 6.48. The SMILES string of the molecule is CNS(=O)(=O)c1ccc(CCC(=O)C[C@@H]2C[C@@]3(CO3)C[C@@H](/C=C/C(C)=C/C[C@@H]3O[C@H](C)[C@H](NC(=O)/C=C\[C@H](C)OC(C)=O)C[C@@H]3C)O2)cc1. The number of epoxide rings is 1. The predicted octanol–water partition coefficient (Wildman–Crippen LogP) is 4.50. The Morgan fingerprint density at radius 2 is 1.80 bits per heavy atom. The van der Waals surface area contributed by atoms with E-state index in [2.05, 4.69) is 35.2 Å². The molecule has 3 saturated heterocycles. The van der Waals surface area contributed by atoms with Crippen LogP contribution < -0.4 is 10.0 Å². The number of nitrogens with one attached hydrogen (secondary N) is 2. The Bertz CT molecular complexity index is 1510. The van der Waals surface area contributed by atoms with Gasteiger partial charge in [0.15, 0.2) is 0 Å². The lowest BCUT2D eigenvalue weighted by Gasteiger charge is -2.39. The molecule has 0 unspecified atom stereocenters. The average molecular weight is 701 g/mol. The Balaban J connectivity index is 1.22. The molecule has 1 spiro atoms. The van der Waals surface area contributed by atoms with Gasteiger partial charge >= 0.3 is 5.97 Å². The van der Waals surface area contributed by atoms with Crippen molar-refractivity contribution < 1.29 is 41.7 Å². The van der Waals surface area contributed by atoms with Gasteiger partial charge in [0.05, 0.1) is 47.6 Å². The van der Waals surface area contributed by atoms with E-state index in [4.69, 9.17) is 18.9 Å². The molecule has 0 aliphatic carbocycles. The molecular formula is C37H52N2O9S. The average Bonchev–Trinajstić information content (AvgIpc) is 3.79. The van der Waals surface area contributed by atoms with Crippen molar-refractivity contribution in [1.29, 1.82) is 0 Å². The van der Waals surface area contributed by atoms with E-state index in [1.807, 2.05) is 13.8 Å². The number of sulfonamides is 1. The highest BCUT2D eigenvalue weighted by atomic mass is 32.2. The minimum Gasteiger partial charge on any atom is -0.459 e. The number of ether oxygens (including phenoxy) is 4. The maximum Gasteiger partial charge on any atom is 0.303 e. The first-order valence-corrected chi connectivity index (χ1v) is 18.6. The van der Waals surface area contributed by atoms with Crippen molar-refractivity contribution in [1.82, 2.24) is 10.0 Å². The van der Waals surface area contributed by atoms with Gasteiger partial charge < -0.3 is 24.3 Å². The Kier molecular flexibility index (Phi) is 13.5. The topological polar surface area (TPSA) is 150 Å². The summed E-state index contributed by atoms with van der Waals surface area (Å²) in [6.45, 7) is 9.87. The number of hydrogen-bond donors (Lipinski definition) is 2. The van der Waals surface area contributed by atoms with Gasteiger partial charge in [-0.15, -0.1) is 0 Å². The second kappa shape index (κ2) is 17.2. The van der Waals surface area contributed by atoms with Gasteiger partial charge in [-0.2, -0.15) is 0 Å². The van der Waals surface area contributed by atoms with E-state index in [1.54, 1.807) is 37.3 Å². The van der Waals surface area contributed by atoms with Crippen molar-refractivity contribution >= 4 is 27.7 Å². The number of carbonyl (C=O) groups is 3. The fourth-order valence-electron chi connectivity index (χ4n) is 6.47. The first kappa shape index (κ1) is 38.6. The molecule has 0 aromatic heterocycles. The summed E-state index contributed by atoms with van der Waals surface area (Å²) in [5.74, 6) is -0.294. The number of hydrogen-bond acceptors (Lipinski definition) is 9. The van der Waals surface area contributed by atoms with Crippen LogP contribution in [0.15, 0.2) is 65.1 Å². The van der Waals surface area contributed by atoms with Gasteiger partial charge in [0, 0.05) is 38.7 Å². The fourth-order valence-corrected chi connectivity index (χ4v) is 7.20. The number of esters is 1. The molecule has 8 atom stereocenters. The number of Topliss-reactive ketones (excluding diaryl/α,β-unsaturated/α-hetero) is 1. The zero-order valence-electron chi connectivity index (χ0n) is 29.5. The summed E-state index contributed by atoms with van der Waals surface area (Å²) in [6.07, 6.45) is 12.5. The number of aryl methyl sites for hydroxylation is 1. The third-order valence-corrected chi connectivity index (χ3v) is 10.8. The molecule has 3 fully saturated rings. The van der Waals surface area contributed by atoms with Gasteiger partial charge in [-0.05, 0) is 76.8 Å². The van der Waals surface area contributed by atoms with E-state index in [1.165, 1.54) is 20.0 Å². The highest BCUT2D eigenvalue weighted by molar-refractivity contribution is 7.89. The highest BCUT2D eigenvalue weighted by Gasteiger charge is 2.51. The van der Waals surface area contributed by atoms with Crippen LogP contribution in [0.25, 0.3) is 0 Å². The lowest BCUT2D eigenvalue weighted by atomic mass is 9.88. The molecule has 1 amide bonds. The molecule has 1 aromatic rings. The molecule has 3 heterocycles. The van der Waals surface area contributed by atoms with Crippen LogP contribution in [-0.4, -0.2) is 81.9 Å². The van der Waals surface area contributed by atoms with E-state index in [-0.39, 0.29) is 58.6 Å². The maximum atomic E-state index is 12.9. The summed E-state index contributed by atoms with van der Waals surface area (Å²) in [5.41, 5.74) is 1.78. The van der Waals surface area contributed by atoms with Gasteiger partial charge in [0.1, 0.15) is 11.9 Å². The van der Waals surface area contributed by atoms with Crippen LogP contribution in [0.4, 0.5) is 0 Å². The minimum absolute atomic E-state index is 0.0230. The maximum absolute atomic E-state index is 12.9. The second-order valence-corrected chi connectivity index (χ2v) is 15.6. The van der Waals surface area contributed by atoms with Crippen LogP contribution in [0.5, 0.6) is 0 Å². The van der Waals surface area contributed by atoms with E-state index >= 15 is 0 Å². The van der Waals surface area contributed by atoms with Crippen molar-refractivity contribution in [2.24, 2.45) is 5.92 Å². The van der Waals surface area contributed by atoms with Gasteiger partial charge in [-0.1, -0.05) is 42.9 Å². The van der Waals surface area contributed by atoms with Crippen LogP contribution in [0.3, 0.4) is 0 Å². The minimum atomic E-state index is -3.49. The Hall–Kier alpha value is -3.16. The van der Waals surface area contributed by atoms with Crippen LogP contribution in [0.2, 0.25) is 0 Å². The third-order valence-electron chi connectivity index (χ3n) is 9.40. The molecule has 49 heavy (non-hydrogen) atoms. The number of ketones is 1. The number of benzene rings is 1. The predicted molar refractivity (Wildman–Crippen MR) is 185 cm³/mol. The fraction of sp³-hybridized carbons (Fsp3) is 0.595. The normalized spacial score (nSPS) is 29.6. The summed E-state index contributed by atoms with van der Waals surface area (Å²) in [4.78, 5) is 36.6. The summed E-state index contributed by atoms with van der Waals surface area (Å²) < 4.78 is 49.7. The Labute approximate surface area is 290 Å². The largest absolute Gasteiger partial charge is 0.459 e. The molecular weight excluding hydrogens is 648 g/mol. The van der Waals surface area contributed by atoms with Gasteiger partial charge in [-0.25, -0.2) is 13.1 Å². The van der Waals surface area contributed by atoms with Crippen LogP contribution in [-0.2, 0) is 49.8 Å². The van der Waals surface area contributed by atoms with E-state index in [9.17, 15) is 22.8 Å². The van der Waals surface area contributed by atoms with Crippen LogP contribution in [0.1, 0.15) is 78.7 Å². The monoisotopic (exact) mass is 700 g/mol. The Morgan fingerprint density at radius 3 is 2.45 bits per heavy atom.